The van der Waals surface area contributed by atoms with E-state index in [-0.39, 0.29) is 24.0 Å². The number of carbonyl (C=O) groups excluding carboxylic acids is 1. The molecule has 5 unspecified atom stereocenters. The van der Waals surface area contributed by atoms with E-state index in [0.717, 1.165) is 44.4 Å². The van der Waals surface area contributed by atoms with Crippen LogP contribution < -0.4 is 5.73 Å². The lowest BCUT2D eigenvalue weighted by molar-refractivity contribution is -0.158. The molecule has 2 saturated carbocycles. The van der Waals surface area contributed by atoms with Gasteiger partial charge in [0.25, 0.3) is 0 Å². The fourth-order valence-electron chi connectivity index (χ4n) is 3.31. The van der Waals surface area contributed by atoms with Gasteiger partial charge in [0.05, 0.1) is 5.92 Å². The van der Waals surface area contributed by atoms with Crippen molar-refractivity contribution >= 4 is 5.97 Å². The molecule has 0 saturated heterocycles. The Labute approximate surface area is 110 Å². The molecule has 5 atom stereocenters. The van der Waals surface area contributed by atoms with E-state index in [1.807, 2.05) is 0 Å². The van der Waals surface area contributed by atoms with Crippen molar-refractivity contribution in [1.82, 2.24) is 0 Å². The second-order valence-corrected chi connectivity index (χ2v) is 6.38. The van der Waals surface area contributed by atoms with Gasteiger partial charge in [-0.1, -0.05) is 26.7 Å². The summed E-state index contributed by atoms with van der Waals surface area (Å²) < 4.78 is 5.70. The van der Waals surface area contributed by atoms with Gasteiger partial charge in [-0.2, -0.15) is 0 Å². The Morgan fingerprint density at radius 1 is 1.06 bits per heavy atom. The Balaban J connectivity index is 1.83. The molecule has 3 nitrogen and oxygen atoms in total. The van der Waals surface area contributed by atoms with Crippen LogP contribution in [0.4, 0.5) is 0 Å². The highest BCUT2D eigenvalue weighted by atomic mass is 16.5. The van der Waals surface area contributed by atoms with Gasteiger partial charge in [0.1, 0.15) is 6.10 Å². The molecule has 0 radical (unpaired) electrons. The third kappa shape index (κ3) is 3.25. The van der Waals surface area contributed by atoms with Crippen LogP contribution in [0.2, 0.25) is 0 Å². The van der Waals surface area contributed by atoms with E-state index >= 15 is 0 Å². The monoisotopic (exact) mass is 253 g/mol. The van der Waals surface area contributed by atoms with Crippen molar-refractivity contribution < 1.29 is 9.53 Å². The van der Waals surface area contributed by atoms with Crippen molar-refractivity contribution in [3.8, 4) is 0 Å². The molecule has 104 valence electrons. The van der Waals surface area contributed by atoms with Crippen LogP contribution in [0.15, 0.2) is 0 Å². The van der Waals surface area contributed by atoms with E-state index in [9.17, 15) is 4.79 Å². The highest BCUT2D eigenvalue weighted by Gasteiger charge is 2.33. The van der Waals surface area contributed by atoms with E-state index in [1.165, 1.54) is 6.42 Å². The molecule has 2 N–H and O–H groups in total. The van der Waals surface area contributed by atoms with Gasteiger partial charge in [-0.05, 0) is 43.9 Å². The van der Waals surface area contributed by atoms with Crippen LogP contribution in [0.3, 0.4) is 0 Å². The van der Waals surface area contributed by atoms with Crippen molar-refractivity contribution in [2.75, 3.05) is 0 Å². The first-order chi connectivity index (χ1) is 8.58. The lowest BCUT2D eigenvalue weighted by Gasteiger charge is -2.34. The van der Waals surface area contributed by atoms with Crippen LogP contribution in [0, 0.1) is 17.8 Å². The first-order valence-corrected chi connectivity index (χ1v) is 7.54. The summed E-state index contributed by atoms with van der Waals surface area (Å²) in [4.78, 5) is 12.2. The molecule has 2 aliphatic carbocycles. The molecule has 3 heteroatoms. The van der Waals surface area contributed by atoms with Crippen LogP contribution in [-0.4, -0.2) is 18.1 Å². The Morgan fingerprint density at radius 3 is 2.44 bits per heavy atom. The van der Waals surface area contributed by atoms with Gasteiger partial charge in [-0.25, -0.2) is 0 Å². The molecule has 0 bridgehead atoms. The van der Waals surface area contributed by atoms with E-state index < -0.39 is 0 Å². The van der Waals surface area contributed by atoms with E-state index in [0.29, 0.717) is 5.92 Å². The van der Waals surface area contributed by atoms with Gasteiger partial charge in [0.2, 0.25) is 0 Å². The molecular weight excluding hydrogens is 226 g/mol. The maximum absolute atomic E-state index is 12.2. The second-order valence-electron chi connectivity index (χ2n) is 6.38. The smallest absolute Gasteiger partial charge is 0.310 e. The molecule has 0 heterocycles. The molecule has 0 aromatic carbocycles. The van der Waals surface area contributed by atoms with E-state index in [2.05, 4.69) is 13.8 Å². The topological polar surface area (TPSA) is 52.3 Å². The Bertz CT molecular complexity index is 292. The summed E-state index contributed by atoms with van der Waals surface area (Å²) in [5, 5.41) is 0. The zero-order valence-electron chi connectivity index (χ0n) is 11.7. The SMILES string of the molecule is CC1CCC(OC(=O)C2CCCCC2N)CC1C. The van der Waals surface area contributed by atoms with Crippen molar-refractivity contribution in [1.29, 1.82) is 0 Å². The van der Waals surface area contributed by atoms with Crippen LogP contribution in [-0.2, 0) is 9.53 Å². The average molecular weight is 253 g/mol. The summed E-state index contributed by atoms with van der Waals surface area (Å²) in [5.41, 5.74) is 6.03. The molecule has 2 rings (SSSR count). The third-order valence-corrected chi connectivity index (χ3v) is 4.96. The van der Waals surface area contributed by atoms with Gasteiger partial charge in [0, 0.05) is 6.04 Å². The van der Waals surface area contributed by atoms with Gasteiger partial charge >= 0.3 is 5.97 Å². The summed E-state index contributed by atoms with van der Waals surface area (Å²) in [7, 11) is 0. The summed E-state index contributed by atoms with van der Waals surface area (Å²) in [5.74, 6) is 1.34. The first-order valence-electron chi connectivity index (χ1n) is 7.54. The maximum Gasteiger partial charge on any atom is 0.310 e. The third-order valence-electron chi connectivity index (χ3n) is 4.96. The van der Waals surface area contributed by atoms with Crippen molar-refractivity contribution in [3.63, 3.8) is 0 Å². The predicted octanol–water partition coefficient (Wildman–Crippen LogP) is 2.87. The quantitative estimate of drug-likeness (QED) is 0.770. The van der Waals surface area contributed by atoms with Gasteiger partial charge in [0.15, 0.2) is 0 Å². The van der Waals surface area contributed by atoms with Gasteiger partial charge < -0.3 is 10.5 Å². The number of carbonyl (C=O) groups is 1. The minimum absolute atomic E-state index is 0.0196. The average Bonchev–Trinajstić information content (AvgIpc) is 2.34. The number of hydrogen-bond donors (Lipinski definition) is 1. The number of esters is 1. The Morgan fingerprint density at radius 2 is 1.78 bits per heavy atom. The number of hydrogen-bond acceptors (Lipinski definition) is 3. The standard InChI is InChI=1S/C15H27NO2/c1-10-7-8-12(9-11(10)2)18-15(17)13-5-3-4-6-14(13)16/h10-14H,3-9,16H2,1-2H3. The largest absolute Gasteiger partial charge is 0.462 e. The van der Waals surface area contributed by atoms with Crippen LogP contribution in [0.5, 0.6) is 0 Å². The lowest BCUT2D eigenvalue weighted by atomic mass is 9.80. The number of ether oxygens (including phenoxy) is 1. The normalized spacial score (nSPS) is 41.4. The first kappa shape index (κ1) is 13.9. The van der Waals surface area contributed by atoms with Crippen LogP contribution >= 0.6 is 0 Å². The van der Waals surface area contributed by atoms with Crippen LogP contribution in [0.1, 0.15) is 58.8 Å². The summed E-state index contributed by atoms with van der Waals surface area (Å²) in [6.45, 7) is 4.55. The Hall–Kier alpha value is -0.570. The fraction of sp³-hybridized carbons (Fsp3) is 0.933. The highest BCUT2D eigenvalue weighted by molar-refractivity contribution is 5.73. The van der Waals surface area contributed by atoms with Gasteiger partial charge in [-0.3, -0.25) is 4.79 Å². The molecular formula is C15H27NO2. The maximum atomic E-state index is 12.2. The molecule has 2 aliphatic rings. The molecule has 0 amide bonds. The second kappa shape index (κ2) is 6.05. The molecule has 0 aliphatic heterocycles. The molecule has 0 aromatic heterocycles. The molecule has 0 spiro atoms. The molecule has 2 fully saturated rings. The summed E-state index contributed by atoms with van der Waals surface area (Å²) >= 11 is 0. The zero-order valence-corrected chi connectivity index (χ0v) is 11.7. The fourth-order valence-corrected chi connectivity index (χ4v) is 3.31. The van der Waals surface area contributed by atoms with E-state index in [1.54, 1.807) is 0 Å². The summed E-state index contributed by atoms with van der Waals surface area (Å²) in [6.07, 6.45) is 7.52. The van der Waals surface area contributed by atoms with E-state index in [4.69, 9.17) is 10.5 Å². The number of rotatable bonds is 2. The van der Waals surface area contributed by atoms with Gasteiger partial charge in [-0.15, -0.1) is 0 Å². The van der Waals surface area contributed by atoms with Crippen LogP contribution in [0.25, 0.3) is 0 Å². The highest BCUT2D eigenvalue weighted by Crippen LogP contribution is 2.32. The lowest BCUT2D eigenvalue weighted by Crippen LogP contribution is -2.41. The minimum atomic E-state index is -0.0478. The predicted molar refractivity (Wildman–Crippen MR) is 72.0 cm³/mol. The molecule has 0 aromatic rings. The van der Waals surface area contributed by atoms with Crippen molar-refractivity contribution in [3.05, 3.63) is 0 Å². The van der Waals surface area contributed by atoms with Crippen molar-refractivity contribution in [2.24, 2.45) is 23.5 Å². The zero-order chi connectivity index (χ0) is 13.1. The number of nitrogens with two attached hydrogens (primary N) is 1. The minimum Gasteiger partial charge on any atom is -0.462 e. The molecule has 18 heavy (non-hydrogen) atoms. The Kier molecular flexibility index (Phi) is 4.66. The summed E-state index contributed by atoms with van der Waals surface area (Å²) in [6, 6.07) is 0.0196. The van der Waals surface area contributed by atoms with Crippen molar-refractivity contribution in [2.45, 2.75) is 70.9 Å².